The lowest BCUT2D eigenvalue weighted by Gasteiger charge is -2.20. The van der Waals surface area contributed by atoms with Crippen LogP contribution >= 0.6 is 0 Å². The number of oxazole rings is 1. The van der Waals surface area contributed by atoms with Crippen LogP contribution in [0, 0.1) is 0 Å². The summed E-state index contributed by atoms with van der Waals surface area (Å²) in [5.41, 5.74) is 1.66. The topological polar surface area (TPSA) is 132 Å². The molecule has 0 saturated heterocycles. The molecule has 2 heterocycles. The second kappa shape index (κ2) is 11.0. The van der Waals surface area contributed by atoms with Gasteiger partial charge in [0.25, 0.3) is 0 Å². The molecule has 0 aliphatic carbocycles. The molecular weight excluding hydrogens is 498 g/mol. The first-order chi connectivity index (χ1) is 17.7. The van der Waals surface area contributed by atoms with E-state index in [-0.39, 0.29) is 35.1 Å². The summed E-state index contributed by atoms with van der Waals surface area (Å²) >= 11 is 0. The third-order valence-corrected chi connectivity index (χ3v) is 7.36. The fourth-order valence-corrected chi connectivity index (χ4v) is 4.87. The van der Waals surface area contributed by atoms with Gasteiger partial charge in [-0.1, -0.05) is 0 Å². The molecule has 4 aromatic rings. The molecule has 0 spiro atoms. The summed E-state index contributed by atoms with van der Waals surface area (Å²) < 4.78 is 43.1. The first kappa shape index (κ1) is 26.1. The lowest BCUT2D eigenvalue weighted by atomic mass is 10.1. The van der Waals surface area contributed by atoms with Crippen molar-refractivity contribution in [1.82, 2.24) is 9.71 Å². The molecule has 194 valence electrons. The van der Waals surface area contributed by atoms with Gasteiger partial charge in [0, 0.05) is 42.3 Å². The number of nitrogens with zero attached hydrogens (tertiary/aromatic N) is 2. The van der Waals surface area contributed by atoms with Crippen LogP contribution in [0.2, 0.25) is 0 Å². The minimum atomic E-state index is -3.80. The first-order valence-corrected chi connectivity index (χ1v) is 13.2. The molecule has 0 unspecified atom stereocenters. The summed E-state index contributed by atoms with van der Waals surface area (Å²) in [6.45, 7) is 5.72. The van der Waals surface area contributed by atoms with Crippen molar-refractivity contribution in [3.63, 3.8) is 0 Å². The quantitative estimate of drug-likeness (QED) is 0.242. The number of esters is 1. The van der Waals surface area contributed by atoms with Crippen LogP contribution in [0.5, 0.6) is 0 Å². The van der Waals surface area contributed by atoms with E-state index in [0.29, 0.717) is 11.1 Å². The lowest BCUT2D eigenvalue weighted by molar-refractivity contribution is -0.140. The molecule has 0 amide bonds. The second-order valence-corrected chi connectivity index (χ2v) is 9.89. The highest BCUT2D eigenvalue weighted by Crippen LogP contribution is 2.28. The highest BCUT2D eigenvalue weighted by Gasteiger charge is 2.17. The van der Waals surface area contributed by atoms with Gasteiger partial charge >= 0.3 is 11.6 Å². The number of hydrogen-bond acceptors (Lipinski definition) is 9. The molecule has 0 radical (unpaired) electrons. The molecule has 0 atom stereocenters. The van der Waals surface area contributed by atoms with E-state index >= 15 is 0 Å². The lowest BCUT2D eigenvalue weighted by Crippen LogP contribution is -2.26. The number of ether oxygens (including phenoxy) is 1. The second-order valence-electron chi connectivity index (χ2n) is 8.12. The van der Waals surface area contributed by atoms with Crippen molar-refractivity contribution in [2.24, 2.45) is 0 Å². The molecule has 0 bridgehead atoms. The highest BCUT2D eigenvalue weighted by atomic mass is 32.2. The van der Waals surface area contributed by atoms with Crippen LogP contribution in [0.25, 0.3) is 33.7 Å². The summed E-state index contributed by atoms with van der Waals surface area (Å²) in [5, 5.41) is 0.748. The number of hydrogen-bond donors (Lipinski definition) is 1. The average molecular weight is 526 g/mol. The van der Waals surface area contributed by atoms with Crippen LogP contribution < -0.4 is 15.2 Å². The van der Waals surface area contributed by atoms with Crippen LogP contribution in [0.15, 0.2) is 73.3 Å². The molecular formula is C26H27N3O7S. The number of carbonyl (C=O) groups excluding carboxylic acids is 1. The van der Waals surface area contributed by atoms with Crippen LogP contribution in [0.4, 0.5) is 5.69 Å². The van der Waals surface area contributed by atoms with Crippen molar-refractivity contribution < 1.29 is 26.8 Å². The Kier molecular flexibility index (Phi) is 7.74. The largest absolute Gasteiger partial charge is 0.469 e. The molecule has 4 rings (SSSR count). The van der Waals surface area contributed by atoms with Gasteiger partial charge in [0.15, 0.2) is 5.76 Å². The Bertz CT molecular complexity index is 1570. The van der Waals surface area contributed by atoms with E-state index in [9.17, 15) is 18.0 Å². The number of rotatable bonds is 10. The predicted octanol–water partition coefficient (Wildman–Crippen LogP) is 3.80. The van der Waals surface area contributed by atoms with E-state index in [1.807, 2.05) is 18.2 Å². The van der Waals surface area contributed by atoms with Gasteiger partial charge in [0.1, 0.15) is 11.1 Å². The van der Waals surface area contributed by atoms with Gasteiger partial charge in [-0.2, -0.15) is 0 Å². The molecule has 37 heavy (non-hydrogen) atoms. The monoisotopic (exact) mass is 525 g/mol. The van der Waals surface area contributed by atoms with Crippen molar-refractivity contribution >= 4 is 32.6 Å². The average Bonchev–Trinajstić information content (AvgIpc) is 3.39. The van der Waals surface area contributed by atoms with Gasteiger partial charge in [0.05, 0.1) is 24.6 Å². The number of sulfonamides is 1. The Morgan fingerprint density at radius 2 is 1.78 bits per heavy atom. The number of anilines is 1. The maximum Gasteiger partial charge on any atom is 0.347 e. The zero-order valence-corrected chi connectivity index (χ0v) is 21.5. The minimum absolute atomic E-state index is 0.0205. The van der Waals surface area contributed by atoms with Crippen LogP contribution in [-0.4, -0.2) is 46.1 Å². The maximum atomic E-state index is 12.7. The summed E-state index contributed by atoms with van der Waals surface area (Å²) in [6, 6.07) is 13.3. The van der Waals surface area contributed by atoms with Crippen LogP contribution in [0.1, 0.15) is 20.3 Å². The normalized spacial score (nSPS) is 11.5. The van der Waals surface area contributed by atoms with E-state index < -0.39 is 21.6 Å². The summed E-state index contributed by atoms with van der Waals surface area (Å²) in [5.74, 6) is -0.0591. The number of fused-ring (bicyclic) bond motifs is 1. The molecule has 1 N–H and O–H groups in total. The molecule has 11 heteroatoms. The predicted molar refractivity (Wildman–Crippen MR) is 139 cm³/mol. The van der Waals surface area contributed by atoms with E-state index in [1.165, 1.54) is 25.4 Å². The van der Waals surface area contributed by atoms with Gasteiger partial charge in [-0.3, -0.25) is 4.79 Å². The van der Waals surface area contributed by atoms with Gasteiger partial charge in [0.2, 0.25) is 15.9 Å². The van der Waals surface area contributed by atoms with Gasteiger partial charge < -0.3 is 18.5 Å². The summed E-state index contributed by atoms with van der Waals surface area (Å²) in [4.78, 5) is 30.3. The molecule has 2 aromatic carbocycles. The fraction of sp³-hybridized carbons (Fsp3) is 0.269. The summed E-state index contributed by atoms with van der Waals surface area (Å²) in [6.07, 6.45) is 1.35. The van der Waals surface area contributed by atoms with Crippen molar-refractivity contribution in [2.45, 2.75) is 25.2 Å². The number of aromatic nitrogens is 1. The van der Waals surface area contributed by atoms with E-state index in [2.05, 4.69) is 33.2 Å². The number of methoxy groups -OCH3 is 1. The van der Waals surface area contributed by atoms with Crippen molar-refractivity contribution in [3.05, 3.63) is 65.1 Å². The van der Waals surface area contributed by atoms with Crippen molar-refractivity contribution in [1.29, 1.82) is 0 Å². The standard InChI is InChI=1S/C26H27N3O7S/c1-4-29(5-2)19-9-6-18-14-21(26(31)36-22(18)15-19)23-16-27-25(35-23)17-7-10-20(11-8-17)37(32,33)28-13-12-24(30)34-3/h6-11,14-16,28H,4-5,12-13H2,1-3H3. The molecule has 0 saturated carbocycles. The number of benzene rings is 2. The Morgan fingerprint density at radius 1 is 1.05 bits per heavy atom. The maximum absolute atomic E-state index is 12.7. The third kappa shape index (κ3) is 5.73. The Balaban J connectivity index is 1.55. The van der Waals surface area contributed by atoms with Crippen LogP contribution in [0.3, 0.4) is 0 Å². The van der Waals surface area contributed by atoms with Crippen LogP contribution in [-0.2, 0) is 19.6 Å². The van der Waals surface area contributed by atoms with Crippen molar-refractivity contribution in [2.75, 3.05) is 31.6 Å². The number of nitrogens with one attached hydrogen (secondary N) is 1. The highest BCUT2D eigenvalue weighted by molar-refractivity contribution is 7.89. The smallest absolute Gasteiger partial charge is 0.347 e. The van der Waals surface area contributed by atoms with E-state index in [4.69, 9.17) is 8.83 Å². The van der Waals surface area contributed by atoms with Gasteiger partial charge in [-0.15, -0.1) is 0 Å². The molecule has 0 fully saturated rings. The van der Waals surface area contributed by atoms with E-state index in [1.54, 1.807) is 18.2 Å². The van der Waals surface area contributed by atoms with Gasteiger partial charge in [-0.05, 0) is 56.3 Å². The van der Waals surface area contributed by atoms with E-state index in [0.717, 1.165) is 24.2 Å². The number of carbonyl (C=O) groups is 1. The zero-order valence-electron chi connectivity index (χ0n) is 20.7. The first-order valence-electron chi connectivity index (χ1n) is 11.7. The molecule has 0 aliphatic heterocycles. The molecule has 2 aromatic heterocycles. The SMILES string of the molecule is CCN(CC)c1ccc2cc(-c3cnc(-c4ccc(S(=O)(=O)NCCC(=O)OC)cc4)o3)c(=O)oc2c1. The fourth-order valence-electron chi connectivity index (χ4n) is 3.84. The Morgan fingerprint density at radius 3 is 2.46 bits per heavy atom. The minimum Gasteiger partial charge on any atom is -0.469 e. The third-order valence-electron chi connectivity index (χ3n) is 5.88. The summed E-state index contributed by atoms with van der Waals surface area (Å²) in [7, 11) is -2.57. The van der Waals surface area contributed by atoms with Crippen molar-refractivity contribution in [3.8, 4) is 22.8 Å². The Hall–Kier alpha value is -3.96. The Labute approximate surface area is 213 Å². The molecule has 10 nitrogen and oxygen atoms in total. The molecule has 0 aliphatic rings. The van der Waals surface area contributed by atoms with Gasteiger partial charge in [-0.25, -0.2) is 22.9 Å². The zero-order chi connectivity index (χ0) is 26.6.